The van der Waals surface area contributed by atoms with Gasteiger partial charge in [0.05, 0.1) is 21.9 Å². The number of hydrogen-bond acceptors (Lipinski definition) is 6. The van der Waals surface area contributed by atoms with Crippen LogP contribution in [0.2, 0.25) is 5.02 Å². The normalized spacial score (nSPS) is 17.7. The molecular weight excluding hydrogens is 483 g/mol. The van der Waals surface area contributed by atoms with Gasteiger partial charge in [0.15, 0.2) is 5.82 Å². The summed E-state index contributed by atoms with van der Waals surface area (Å²) in [5, 5.41) is 4.09. The summed E-state index contributed by atoms with van der Waals surface area (Å²) in [6.45, 7) is 2.29. The van der Waals surface area contributed by atoms with E-state index in [0.717, 1.165) is 12.0 Å². The Labute approximate surface area is 203 Å². The van der Waals surface area contributed by atoms with Crippen LogP contribution in [0.1, 0.15) is 30.1 Å². The van der Waals surface area contributed by atoms with E-state index in [0.29, 0.717) is 55.6 Å². The van der Waals surface area contributed by atoms with Crippen LogP contribution < -0.4 is 4.74 Å². The molecule has 0 spiro atoms. The first kappa shape index (κ1) is 22.9. The number of aromatic nitrogens is 2. The first-order valence-corrected chi connectivity index (χ1v) is 12.7. The fourth-order valence-corrected chi connectivity index (χ4v) is 4.88. The fraction of sp³-hybridized carbons (Fsp3) is 0.348. The molecule has 1 amide bonds. The smallest absolute Gasteiger partial charge is 0.258 e. The number of nitrogens with zero attached hydrogens (tertiary/aromatic N) is 4. The second-order valence-corrected chi connectivity index (χ2v) is 10.1. The van der Waals surface area contributed by atoms with E-state index in [1.807, 2.05) is 16.4 Å². The average molecular weight is 505 g/mol. The highest BCUT2D eigenvalue weighted by molar-refractivity contribution is 7.81. The summed E-state index contributed by atoms with van der Waals surface area (Å²) >= 11 is 5.80. The second-order valence-electron chi connectivity index (χ2n) is 8.34. The Hall–Kier alpha value is -2.82. The molecule has 178 valence electrons. The monoisotopic (exact) mass is 504 g/mol. The Balaban J connectivity index is 1.42. The minimum absolute atomic E-state index is 0.00356. The van der Waals surface area contributed by atoms with Crippen molar-refractivity contribution < 1.29 is 22.7 Å². The van der Waals surface area contributed by atoms with Crippen molar-refractivity contribution in [2.45, 2.75) is 25.3 Å². The lowest BCUT2D eigenvalue weighted by Crippen LogP contribution is -2.45. The van der Waals surface area contributed by atoms with E-state index in [-0.39, 0.29) is 22.6 Å². The van der Waals surface area contributed by atoms with Crippen molar-refractivity contribution in [2.24, 2.45) is 0 Å². The minimum Gasteiger partial charge on any atom is -0.457 e. The molecule has 3 heterocycles. The van der Waals surface area contributed by atoms with Crippen LogP contribution in [0.5, 0.6) is 11.5 Å². The maximum absolute atomic E-state index is 14.0. The van der Waals surface area contributed by atoms with Crippen molar-refractivity contribution in [2.75, 3.05) is 25.9 Å². The van der Waals surface area contributed by atoms with E-state index in [1.54, 1.807) is 23.3 Å². The van der Waals surface area contributed by atoms with Crippen LogP contribution in [0.4, 0.5) is 4.39 Å². The van der Waals surface area contributed by atoms with Gasteiger partial charge in [-0.15, -0.1) is 0 Å². The molecule has 2 fully saturated rings. The fourth-order valence-electron chi connectivity index (χ4n) is 3.99. The van der Waals surface area contributed by atoms with Crippen molar-refractivity contribution in [3.8, 4) is 23.0 Å². The highest BCUT2D eigenvalue weighted by Crippen LogP contribution is 2.34. The summed E-state index contributed by atoms with van der Waals surface area (Å²) in [4.78, 5) is 18.4. The molecule has 1 aromatic heterocycles. The molecule has 2 saturated heterocycles. The Morgan fingerprint density at radius 3 is 2.79 bits per heavy atom. The molecule has 5 rings (SSSR count). The predicted octanol–water partition coefficient (Wildman–Crippen LogP) is 4.14. The van der Waals surface area contributed by atoms with E-state index in [2.05, 4.69) is 10.1 Å². The minimum atomic E-state index is -1.01. The van der Waals surface area contributed by atoms with Gasteiger partial charge in [-0.3, -0.25) is 4.79 Å². The number of ether oxygens (including phenoxy) is 1. The number of hydrogen-bond donors (Lipinski definition) is 0. The summed E-state index contributed by atoms with van der Waals surface area (Å²) < 4.78 is 38.8. The van der Waals surface area contributed by atoms with E-state index in [4.69, 9.17) is 20.9 Å². The third-order valence-corrected chi connectivity index (χ3v) is 7.32. The van der Waals surface area contributed by atoms with Gasteiger partial charge in [-0.1, -0.05) is 22.8 Å². The zero-order valence-electron chi connectivity index (χ0n) is 18.4. The van der Waals surface area contributed by atoms with Crippen molar-refractivity contribution in [1.29, 1.82) is 0 Å². The lowest BCUT2D eigenvalue weighted by Gasteiger charge is -2.34. The van der Waals surface area contributed by atoms with Crippen LogP contribution in [0.25, 0.3) is 11.5 Å². The molecule has 8 nitrogen and oxygen atoms in total. The summed E-state index contributed by atoms with van der Waals surface area (Å²) in [7, 11) is -1.01. The van der Waals surface area contributed by atoms with E-state index >= 15 is 0 Å². The van der Waals surface area contributed by atoms with Gasteiger partial charge in [0, 0.05) is 56.0 Å². The number of benzene rings is 2. The Morgan fingerprint density at radius 2 is 2.09 bits per heavy atom. The van der Waals surface area contributed by atoms with E-state index in [9.17, 15) is 13.4 Å². The molecule has 34 heavy (non-hydrogen) atoms. The van der Waals surface area contributed by atoms with E-state index < -0.39 is 16.8 Å². The largest absolute Gasteiger partial charge is 0.457 e. The number of rotatable bonds is 7. The average Bonchev–Trinajstić information content (AvgIpc) is 3.40. The van der Waals surface area contributed by atoms with Crippen molar-refractivity contribution in [1.82, 2.24) is 19.3 Å². The van der Waals surface area contributed by atoms with Crippen LogP contribution in [0.3, 0.4) is 0 Å². The van der Waals surface area contributed by atoms with Crippen molar-refractivity contribution >= 4 is 28.5 Å². The molecule has 0 radical (unpaired) electrons. The summed E-state index contributed by atoms with van der Waals surface area (Å²) in [5.41, 5.74) is 1.41. The Bertz CT molecular complexity index is 1260. The van der Waals surface area contributed by atoms with Crippen LogP contribution in [0.15, 0.2) is 40.9 Å². The highest BCUT2D eigenvalue weighted by Gasteiger charge is 2.34. The van der Waals surface area contributed by atoms with Crippen LogP contribution in [-0.4, -0.2) is 55.4 Å². The molecule has 2 aliphatic heterocycles. The maximum Gasteiger partial charge on any atom is 0.258 e. The second kappa shape index (κ2) is 9.44. The predicted molar refractivity (Wildman–Crippen MR) is 124 cm³/mol. The lowest BCUT2D eigenvalue weighted by molar-refractivity contribution is -0.128. The molecule has 0 aliphatic carbocycles. The molecule has 1 unspecified atom stereocenters. The number of carbonyl (C=O) groups is 1. The number of halogens is 2. The van der Waals surface area contributed by atoms with Gasteiger partial charge in [0.25, 0.3) is 5.89 Å². The Morgan fingerprint density at radius 1 is 1.26 bits per heavy atom. The number of likely N-dealkylation sites (tertiary alicyclic amines) is 1. The van der Waals surface area contributed by atoms with Gasteiger partial charge in [-0.2, -0.15) is 4.98 Å². The standard InChI is InChI=1S/C23H22ClFN4O4S/c1-34(31)29-12-16(13-29)22-26-23(33-27-22)14-4-5-15(11-28-8-2-3-21(28)30)20(9-14)32-17-6-7-18(24)19(25)10-17/h4-7,9-10,16H,2-3,8,11-13H2,1H3. The number of amides is 1. The van der Waals surface area contributed by atoms with Gasteiger partial charge in [0.1, 0.15) is 17.3 Å². The van der Waals surface area contributed by atoms with Gasteiger partial charge in [0.2, 0.25) is 5.91 Å². The first-order valence-electron chi connectivity index (χ1n) is 10.8. The topological polar surface area (TPSA) is 88.8 Å². The zero-order chi connectivity index (χ0) is 23.8. The molecule has 2 aliphatic rings. The summed E-state index contributed by atoms with van der Waals surface area (Å²) in [6.07, 6.45) is 3.00. The molecular formula is C23H22ClFN4O4S. The lowest BCUT2D eigenvalue weighted by atomic mass is 10.0. The molecule has 3 aromatic rings. The molecule has 11 heteroatoms. The summed E-state index contributed by atoms with van der Waals surface area (Å²) in [6, 6.07) is 9.63. The van der Waals surface area contributed by atoms with Gasteiger partial charge in [-0.25, -0.2) is 12.9 Å². The maximum atomic E-state index is 14.0. The Kier molecular flexibility index (Phi) is 6.37. The van der Waals surface area contributed by atoms with Crippen LogP contribution >= 0.6 is 11.6 Å². The molecule has 0 N–H and O–H groups in total. The summed E-state index contributed by atoms with van der Waals surface area (Å²) in [5.74, 6) is 1.19. The molecule has 1 atom stereocenters. The quantitative estimate of drug-likeness (QED) is 0.480. The SMILES string of the molecule is CS(=O)N1CC(c2noc(-c3ccc(CN4CCCC4=O)c(Oc4ccc(Cl)c(F)c4)c3)n2)C1. The molecule has 0 bridgehead atoms. The van der Waals surface area contributed by atoms with Gasteiger partial charge >= 0.3 is 0 Å². The number of carbonyl (C=O) groups excluding carboxylic acids is 1. The third-order valence-electron chi connectivity index (χ3n) is 5.98. The highest BCUT2D eigenvalue weighted by atomic mass is 35.5. The van der Waals surface area contributed by atoms with E-state index in [1.165, 1.54) is 12.1 Å². The van der Waals surface area contributed by atoms with Crippen LogP contribution in [-0.2, 0) is 22.3 Å². The first-order chi connectivity index (χ1) is 16.4. The molecule has 0 saturated carbocycles. The van der Waals surface area contributed by atoms with Crippen molar-refractivity contribution in [3.05, 3.63) is 58.6 Å². The zero-order valence-corrected chi connectivity index (χ0v) is 19.9. The van der Waals surface area contributed by atoms with Crippen molar-refractivity contribution in [3.63, 3.8) is 0 Å². The van der Waals surface area contributed by atoms with Crippen LogP contribution in [0, 0.1) is 5.82 Å². The molecule has 2 aromatic carbocycles. The van der Waals surface area contributed by atoms with Gasteiger partial charge in [-0.05, 0) is 30.7 Å². The third kappa shape index (κ3) is 4.70. The van der Waals surface area contributed by atoms with Gasteiger partial charge < -0.3 is 14.2 Å².